The SMILES string of the molecule is COc1cccc(CC(=O)Nc2ccc(Cn3cnc(C(=O)Nc4ccc(C(C)C)cc4)c3)cc2)c1. The second-order valence-electron chi connectivity index (χ2n) is 8.94. The first-order chi connectivity index (χ1) is 17.4. The smallest absolute Gasteiger partial charge is 0.275 e. The van der Waals surface area contributed by atoms with Crippen LogP contribution in [0.4, 0.5) is 11.4 Å². The molecule has 0 atom stereocenters. The molecule has 7 nitrogen and oxygen atoms in total. The molecule has 2 N–H and O–H groups in total. The third-order valence-corrected chi connectivity index (χ3v) is 5.80. The molecule has 1 aromatic heterocycles. The number of carbonyl (C=O) groups excluding carboxylic acids is 2. The summed E-state index contributed by atoms with van der Waals surface area (Å²) in [4.78, 5) is 29.2. The summed E-state index contributed by atoms with van der Waals surface area (Å²) in [6.45, 7) is 4.82. The minimum atomic E-state index is -0.250. The molecule has 0 aliphatic rings. The molecule has 1 heterocycles. The van der Waals surface area contributed by atoms with E-state index in [4.69, 9.17) is 4.74 Å². The van der Waals surface area contributed by atoms with Crippen LogP contribution in [0.3, 0.4) is 0 Å². The van der Waals surface area contributed by atoms with Gasteiger partial charge >= 0.3 is 0 Å². The van der Waals surface area contributed by atoms with Crippen LogP contribution in [0.2, 0.25) is 0 Å². The molecule has 0 saturated heterocycles. The largest absolute Gasteiger partial charge is 0.497 e. The van der Waals surface area contributed by atoms with Gasteiger partial charge in [-0.1, -0.05) is 50.2 Å². The van der Waals surface area contributed by atoms with Gasteiger partial charge in [-0.25, -0.2) is 4.98 Å². The number of ether oxygens (including phenoxy) is 1. The van der Waals surface area contributed by atoms with Crippen LogP contribution < -0.4 is 15.4 Å². The van der Waals surface area contributed by atoms with E-state index in [1.807, 2.05) is 77.4 Å². The molecule has 0 aliphatic heterocycles. The number of nitrogens with zero attached hydrogens (tertiary/aromatic N) is 2. The lowest BCUT2D eigenvalue weighted by molar-refractivity contribution is -0.115. The molecule has 0 unspecified atom stereocenters. The van der Waals surface area contributed by atoms with Crippen molar-refractivity contribution < 1.29 is 14.3 Å². The van der Waals surface area contributed by atoms with Crippen LogP contribution in [-0.2, 0) is 17.8 Å². The van der Waals surface area contributed by atoms with Gasteiger partial charge in [0, 0.05) is 24.1 Å². The minimum absolute atomic E-state index is 0.0971. The predicted octanol–water partition coefficient (Wildman–Crippen LogP) is 5.50. The van der Waals surface area contributed by atoms with Gasteiger partial charge in [0.2, 0.25) is 5.91 Å². The van der Waals surface area contributed by atoms with Crippen molar-refractivity contribution in [2.45, 2.75) is 32.7 Å². The first-order valence-corrected chi connectivity index (χ1v) is 11.8. The second kappa shape index (κ2) is 11.4. The molecule has 184 valence electrons. The lowest BCUT2D eigenvalue weighted by Crippen LogP contribution is -2.14. The third-order valence-electron chi connectivity index (χ3n) is 5.80. The van der Waals surface area contributed by atoms with Crippen molar-refractivity contribution in [3.63, 3.8) is 0 Å². The zero-order valence-electron chi connectivity index (χ0n) is 20.7. The van der Waals surface area contributed by atoms with Gasteiger partial charge in [0.15, 0.2) is 0 Å². The maximum absolute atomic E-state index is 12.6. The Kier molecular flexibility index (Phi) is 7.80. The molecule has 0 saturated carbocycles. The molecule has 4 aromatic rings. The number of nitrogens with one attached hydrogen (secondary N) is 2. The van der Waals surface area contributed by atoms with E-state index < -0.39 is 0 Å². The predicted molar refractivity (Wildman–Crippen MR) is 142 cm³/mol. The topological polar surface area (TPSA) is 85.2 Å². The van der Waals surface area contributed by atoms with Crippen molar-refractivity contribution in [3.05, 3.63) is 108 Å². The molecule has 7 heteroatoms. The maximum Gasteiger partial charge on any atom is 0.275 e. The number of imidazole rings is 1. The Morgan fingerprint density at radius 2 is 1.61 bits per heavy atom. The third kappa shape index (κ3) is 6.60. The zero-order chi connectivity index (χ0) is 25.5. The zero-order valence-corrected chi connectivity index (χ0v) is 20.7. The highest BCUT2D eigenvalue weighted by molar-refractivity contribution is 6.02. The highest BCUT2D eigenvalue weighted by atomic mass is 16.5. The fourth-order valence-electron chi connectivity index (χ4n) is 3.79. The quantitative estimate of drug-likeness (QED) is 0.330. The molecule has 0 spiro atoms. The summed E-state index contributed by atoms with van der Waals surface area (Å²) >= 11 is 0. The second-order valence-corrected chi connectivity index (χ2v) is 8.94. The Labute approximate surface area is 211 Å². The summed E-state index contributed by atoms with van der Waals surface area (Å²) in [6, 6.07) is 22.9. The van der Waals surface area contributed by atoms with Crippen LogP contribution in [0.5, 0.6) is 5.75 Å². The molecule has 0 aliphatic carbocycles. The van der Waals surface area contributed by atoms with E-state index in [-0.39, 0.29) is 18.2 Å². The highest BCUT2D eigenvalue weighted by Crippen LogP contribution is 2.18. The molecule has 0 radical (unpaired) electrons. The first kappa shape index (κ1) is 24.7. The normalized spacial score (nSPS) is 10.8. The van der Waals surface area contributed by atoms with Crippen LogP contribution in [-0.4, -0.2) is 28.5 Å². The van der Waals surface area contributed by atoms with Gasteiger partial charge in [-0.2, -0.15) is 0 Å². The van der Waals surface area contributed by atoms with Crippen molar-refractivity contribution in [2.75, 3.05) is 17.7 Å². The summed E-state index contributed by atoms with van der Waals surface area (Å²) in [6.07, 6.45) is 3.63. The molecule has 36 heavy (non-hydrogen) atoms. The van der Waals surface area contributed by atoms with Crippen LogP contribution >= 0.6 is 0 Å². The molecule has 0 fully saturated rings. The van der Waals surface area contributed by atoms with Crippen molar-refractivity contribution in [1.29, 1.82) is 0 Å². The highest BCUT2D eigenvalue weighted by Gasteiger charge is 2.11. The lowest BCUT2D eigenvalue weighted by atomic mass is 10.0. The van der Waals surface area contributed by atoms with Crippen molar-refractivity contribution in [3.8, 4) is 5.75 Å². The number of amides is 2. The van der Waals surface area contributed by atoms with Crippen molar-refractivity contribution >= 4 is 23.2 Å². The van der Waals surface area contributed by atoms with Crippen molar-refractivity contribution in [1.82, 2.24) is 9.55 Å². The van der Waals surface area contributed by atoms with Gasteiger partial charge in [0.1, 0.15) is 11.4 Å². The summed E-state index contributed by atoms with van der Waals surface area (Å²) in [5, 5.41) is 5.81. The van der Waals surface area contributed by atoms with Gasteiger partial charge in [-0.05, 0) is 59.0 Å². The average Bonchev–Trinajstić information content (AvgIpc) is 3.34. The standard InChI is InChI=1S/C29H30N4O3/c1-20(2)23-9-13-25(14-10-23)32-29(35)27-18-33(19-30-27)17-21-7-11-24(12-8-21)31-28(34)16-22-5-4-6-26(15-22)36-3/h4-15,18-20H,16-17H2,1-3H3,(H,31,34)(H,32,35). The van der Waals surface area contributed by atoms with Gasteiger partial charge < -0.3 is 19.9 Å². The van der Waals surface area contributed by atoms with E-state index in [0.29, 0.717) is 18.2 Å². The molecular formula is C29H30N4O3. The fourth-order valence-corrected chi connectivity index (χ4v) is 3.79. The average molecular weight is 483 g/mol. The Balaban J connectivity index is 1.30. The molecule has 3 aromatic carbocycles. The van der Waals surface area contributed by atoms with Gasteiger partial charge in [-0.3, -0.25) is 9.59 Å². The number of hydrogen-bond acceptors (Lipinski definition) is 4. The Morgan fingerprint density at radius 3 is 2.31 bits per heavy atom. The van der Waals surface area contributed by atoms with E-state index in [9.17, 15) is 9.59 Å². The first-order valence-electron chi connectivity index (χ1n) is 11.8. The number of benzene rings is 3. The molecule has 0 bridgehead atoms. The van der Waals surface area contributed by atoms with E-state index in [1.54, 1.807) is 19.6 Å². The van der Waals surface area contributed by atoms with Crippen LogP contribution in [0, 0.1) is 0 Å². The minimum Gasteiger partial charge on any atom is -0.497 e. The molecule has 4 rings (SSSR count). The summed E-state index contributed by atoms with van der Waals surface area (Å²) in [5.41, 5.74) is 4.94. The Bertz CT molecular complexity index is 1330. The van der Waals surface area contributed by atoms with Crippen molar-refractivity contribution in [2.24, 2.45) is 0 Å². The number of methoxy groups -OCH3 is 1. The Morgan fingerprint density at radius 1 is 0.917 bits per heavy atom. The van der Waals surface area contributed by atoms with Crippen LogP contribution in [0.15, 0.2) is 85.3 Å². The van der Waals surface area contributed by atoms with E-state index in [1.165, 1.54) is 5.56 Å². The molecule has 2 amide bonds. The van der Waals surface area contributed by atoms with E-state index in [0.717, 1.165) is 28.3 Å². The number of rotatable bonds is 9. The number of aromatic nitrogens is 2. The van der Waals surface area contributed by atoms with Gasteiger partial charge in [-0.15, -0.1) is 0 Å². The molecular weight excluding hydrogens is 452 g/mol. The maximum atomic E-state index is 12.6. The summed E-state index contributed by atoms with van der Waals surface area (Å²) < 4.78 is 7.06. The summed E-state index contributed by atoms with van der Waals surface area (Å²) in [7, 11) is 1.60. The van der Waals surface area contributed by atoms with E-state index >= 15 is 0 Å². The fraction of sp³-hybridized carbons (Fsp3) is 0.207. The van der Waals surface area contributed by atoms with Gasteiger partial charge in [0.05, 0.1) is 19.9 Å². The van der Waals surface area contributed by atoms with Gasteiger partial charge in [0.25, 0.3) is 5.91 Å². The van der Waals surface area contributed by atoms with Crippen LogP contribution in [0.1, 0.15) is 46.9 Å². The summed E-state index contributed by atoms with van der Waals surface area (Å²) in [5.74, 6) is 0.819. The van der Waals surface area contributed by atoms with E-state index in [2.05, 4.69) is 29.5 Å². The number of hydrogen-bond donors (Lipinski definition) is 2. The number of carbonyl (C=O) groups is 2. The lowest BCUT2D eigenvalue weighted by Gasteiger charge is -2.08. The monoisotopic (exact) mass is 482 g/mol. The van der Waals surface area contributed by atoms with Crippen LogP contribution in [0.25, 0.3) is 0 Å². The number of anilines is 2. The Hall–Kier alpha value is -4.39.